The quantitative estimate of drug-likeness (QED) is 0.526. The number of rotatable bonds is 5. The highest BCUT2D eigenvalue weighted by molar-refractivity contribution is 6.55. The summed E-state index contributed by atoms with van der Waals surface area (Å²) >= 11 is 11.5. The molecule has 0 bridgehead atoms. The minimum absolute atomic E-state index is 0.0226. The van der Waals surface area contributed by atoms with Crippen LogP contribution in [0.15, 0.2) is 53.0 Å². The first-order chi connectivity index (χ1) is 12.7. The van der Waals surface area contributed by atoms with Crippen LogP contribution >= 0.6 is 23.2 Å². The molecule has 2 atom stereocenters. The second kappa shape index (κ2) is 7.69. The van der Waals surface area contributed by atoms with E-state index in [4.69, 9.17) is 27.9 Å². The predicted molar refractivity (Wildman–Crippen MR) is 112 cm³/mol. The van der Waals surface area contributed by atoms with Crippen molar-refractivity contribution in [3.63, 3.8) is 0 Å². The molecule has 1 aliphatic carbocycles. The van der Waals surface area contributed by atoms with E-state index in [9.17, 15) is 4.79 Å². The summed E-state index contributed by atoms with van der Waals surface area (Å²) in [5.41, 5.74) is 5.57. The maximum Gasteiger partial charge on any atom is 0.310 e. The van der Waals surface area contributed by atoms with Crippen LogP contribution < -0.4 is 0 Å². The Hall–Kier alpha value is -1.77. The fourth-order valence-corrected chi connectivity index (χ4v) is 4.09. The molecule has 4 heteroatoms. The summed E-state index contributed by atoms with van der Waals surface area (Å²) in [5.74, 6) is -0.379. The van der Waals surface area contributed by atoms with Crippen LogP contribution in [0.1, 0.15) is 30.5 Å². The maximum atomic E-state index is 12.6. The smallest absolute Gasteiger partial charge is 0.310 e. The molecular formula is C23H24Cl2O2. The highest BCUT2D eigenvalue weighted by atomic mass is 35.5. The molecule has 0 saturated heterocycles. The minimum atomic E-state index is -0.204. The van der Waals surface area contributed by atoms with Crippen molar-refractivity contribution < 1.29 is 9.53 Å². The van der Waals surface area contributed by atoms with Crippen LogP contribution in [-0.4, -0.2) is 5.97 Å². The van der Waals surface area contributed by atoms with Crippen LogP contribution in [-0.2, 0) is 16.1 Å². The monoisotopic (exact) mass is 402 g/mol. The predicted octanol–water partition coefficient (Wildman–Crippen LogP) is 6.60. The molecule has 0 aliphatic heterocycles. The Morgan fingerprint density at radius 2 is 1.74 bits per heavy atom. The van der Waals surface area contributed by atoms with Crippen molar-refractivity contribution in [3.8, 4) is 11.1 Å². The molecule has 27 heavy (non-hydrogen) atoms. The summed E-state index contributed by atoms with van der Waals surface area (Å²) in [6, 6.07) is 14.4. The van der Waals surface area contributed by atoms with E-state index < -0.39 is 0 Å². The molecule has 2 aromatic rings. The van der Waals surface area contributed by atoms with Gasteiger partial charge in [0.25, 0.3) is 0 Å². The highest BCUT2D eigenvalue weighted by Crippen LogP contribution is 2.60. The van der Waals surface area contributed by atoms with Crippen molar-refractivity contribution in [1.29, 1.82) is 0 Å². The van der Waals surface area contributed by atoms with Crippen molar-refractivity contribution in [2.45, 2.75) is 34.3 Å². The van der Waals surface area contributed by atoms with Gasteiger partial charge in [-0.15, -0.1) is 0 Å². The molecule has 142 valence electrons. The largest absolute Gasteiger partial charge is 0.461 e. The van der Waals surface area contributed by atoms with E-state index in [2.05, 4.69) is 32.0 Å². The number of hydrogen-bond donors (Lipinski definition) is 0. The lowest BCUT2D eigenvalue weighted by Gasteiger charge is -2.14. The second-order valence-corrected chi connectivity index (χ2v) is 8.80. The Balaban J connectivity index is 1.74. The lowest BCUT2D eigenvalue weighted by molar-refractivity contribution is -0.147. The Bertz CT molecular complexity index is 895. The molecule has 0 N–H and O–H groups in total. The van der Waals surface area contributed by atoms with Gasteiger partial charge in [0.2, 0.25) is 0 Å². The van der Waals surface area contributed by atoms with Gasteiger partial charge in [0, 0.05) is 0 Å². The van der Waals surface area contributed by atoms with Crippen LogP contribution in [0, 0.1) is 31.1 Å². The zero-order valence-electron chi connectivity index (χ0n) is 16.1. The molecule has 1 aliphatic rings. The number of hydrogen-bond acceptors (Lipinski definition) is 2. The summed E-state index contributed by atoms with van der Waals surface area (Å²) in [4.78, 5) is 12.6. The van der Waals surface area contributed by atoms with E-state index >= 15 is 0 Å². The van der Waals surface area contributed by atoms with Gasteiger partial charge < -0.3 is 4.74 Å². The van der Waals surface area contributed by atoms with Crippen molar-refractivity contribution in [2.24, 2.45) is 17.3 Å². The molecule has 2 aromatic carbocycles. The molecule has 0 aromatic heterocycles. The van der Waals surface area contributed by atoms with Gasteiger partial charge in [0.15, 0.2) is 0 Å². The molecule has 2 unspecified atom stereocenters. The number of carbonyl (C=O) groups excluding carboxylic acids is 1. The van der Waals surface area contributed by atoms with E-state index in [1.165, 1.54) is 16.7 Å². The van der Waals surface area contributed by atoms with Crippen molar-refractivity contribution in [1.82, 2.24) is 0 Å². The van der Waals surface area contributed by atoms with Gasteiger partial charge >= 0.3 is 5.97 Å². The van der Waals surface area contributed by atoms with Crippen molar-refractivity contribution in [2.75, 3.05) is 0 Å². The Labute approximate surface area is 171 Å². The second-order valence-electron chi connectivity index (χ2n) is 7.79. The first-order valence-electron chi connectivity index (χ1n) is 9.07. The molecule has 0 radical (unpaired) electrons. The highest BCUT2D eigenvalue weighted by Gasteiger charge is 2.61. The average Bonchev–Trinajstić information content (AvgIpc) is 3.14. The first-order valence-corrected chi connectivity index (χ1v) is 9.83. The van der Waals surface area contributed by atoms with Gasteiger partial charge in [-0.3, -0.25) is 4.79 Å². The van der Waals surface area contributed by atoms with Gasteiger partial charge in [-0.25, -0.2) is 0 Å². The zero-order valence-corrected chi connectivity index (χ0v) is 17.6. The number of halogens is 2. The third-order valence-corrected chi connectivity index (χ3v) is 5.97. The number of ether oxygens (including phenoxy) is 1. The molecule has 0 amide bonds. The number of aryl methyl sites for hydroxylation is 1. The Morgan fingerprint density at radius 1 is 1.07 bits per heavy atom. The van der Waals surface area contributed by atoms with Gasteiger partial charge in [-0.05, 0) is 59.1 Å². The summed E-state index contributed by atoms with van der Waals surface area (Å²) < 4.78 is 5.85. The van der Waals surface area contributed by atoms with Crippen LogP contribution in [0.5, 0.6) is 0 Å². The lowest BCUT2D eigenvalue weighted by Crippen LogP contribution is -2.11. The molecule has 3 rings (SSSR count). The Kier molecular flexibility index (Phi) is 5.69. The third-order valence-electron chi connectivity index (χ3n) is 5.72. The van der Waals surface area contributed by atoms with Crippen LogP contribution in [0.2, 0.25) is 0 Å². The standard InChI is InChI=1S/C23H24Cl2O2/c1-14-8-5-6-10-17(14)18-11-7-9-16(15(18)2)13-27-22(26)21-19(12-20(24)25)23(21,3)4/h5-12,19,21H,13H2,1-4H3. The minimum Gasteiger partial charge on any atom is -0.461 e. The van der Waals surface area contributed by atoms with E-state index in [0.29, 0.717) is 0 Å². The van der Waals surface area contributed by atoms with E-state index in [0.717, 1.165) is 11.1 Å². The number of carbonyl (C=O) groups is 1. The number of esters is 1. The summed E-state index contributed by atoms with van der Waals surface area (Å²) in [6.45, 7) is 8.50. The van der Waals surface area contributed by atoms with E-state index in [1.54, 1.807) is 6.08 Å². The third kappa shape index (κ3) is 4.07. The van der Waals surface area contributed by atoms with E-state index in [-0.39, 0.29) is 34.3 Å². The maximum absolute atomic E-state index is 12.6. The van der Waals surface area contributed by atoms with Crippen LogP contribution in [0.4, 0.5) is 0 Å². The van der Waals surface area contributed by atoms with Crippen molar-refractivity contribution >= 4 is 29.2 Å². The molecule has 1 saturated carbocycles. The summed E-state index contributed by atoms with van der Waals surface area (Å²) in [6.07, 6.45) is 1.74. The molecular weight excluding hydrogens is 379 g/mol. The summed E-state index contributed by atoms with van der Waals surface area (Å²) in [7, 11) is 0. The normalized spacial score (nSPS) is 20.1. The SMILES string of the molecule is Cc1ccccc1-c1cccc(COC(=O)C2C(C=C(Cl)Cl)C2(C)C)c1C. The van der Waals surface area contributed by atoms with Crippen molar-refractivity contribution in [3.05, 3.63) is 69.7 Å². The van der Waals surface area contributed by atoms with Gasteiger partial charge in [0.1, 0.15) is 11.1 Å². The molecule has 0 spiro atoms. The van der Waals surface area contributed by atoms with Gasteiger partial charge in [-0.2, -0.15) is 0 Å². The van der Waals surface area contributed by atoms with Gasteiger partial charge in [-0.1, -0.05) is 79.5 Å². The number of allylic oxidation sites excluding steroid dienone is 1. The lowest BCUT2D eigenvalue weighted by atomic mass is 9.94. The molecule has 1 fully saturated rings. The van der Waals surface area contributed by atoms with E-state index in [1.807, 2.05) is 38.1 Å². The average molecular weight is 403 g/mol. The fraction of sp³-hybridized carbons (Fsp3) is 0.348. The fourth-order valence-electron chi connectivity index (χ4n) is 3.82. The first kappa shape index (κ1) is 20.0. The van der Waals surface area contributed by atoms with Crippen LogP contribution in [0.3, 0.4) is 0 Å². The van der Waals surface area contributed by atoms with Gasteiger partial charge in [0.05, 0.1) is 5.92 Å². The number of benzene rings is 2. The zero-order chi connectivity index (χ0) is 19.8. The summed E-state index contributed by atoms with van der Waals surface area (Å²) in [5, 5.41) is 0. The topological polar surface area (TPSA) is 26.3 Å². The Morgan fingerprint density at radius 3 is 2.41 bits per heavy atom. The molecule has 2 nitrogen and oxygen atoms in total. The van der Waals surface area contributed by atoms with Crippen LogP contribution in [0.25, 0.3) is 11.1 Å². The molecule has 0 heterocycles.